The van der Waals surface area contributed by atoms with Gasteiger partial charge in [0.25, 0.3) is 0 Å². The van der Waals surface area contributed by atoms with Crippen LogP contribution >= 0.6 is 0 Å². The molecule has 23 heavy (non-hydrogen) atoms. The van der Waals surface area contributed by atoms with E-state index >= 15 is 0 Å². The Morgan fingerprint density at radius 1 is 0.652 bits per heavy atom. The van der Waals surface area contributed by atoms with Gasteiger partial charge in [0.05, 0.1) is 5.69 Å². The van der Waals surface area contributed by atoms with Crippen molar-refractivity contribution in [3.05, 3.63) is 84.4 Å². The van der Waals surface area contributed by atoms with Gasteiger partial charge in [0.2, 0.25) is 0 Å². The fourth-order valence-electron chi connectivity index (χ4n) is 3.08. The van der Waals surface area contributed by atoms with E-state index in [1.54, 1.807) is 6.07 Å². The van der Waals surface area contributed by atoms with Crippen LogP contribution in [0.25, 0.3) is 21.5 Å². The first-order chi connectivity index (χ1) is 11.3. The van der Waals surface area contributed by atoms with Crippen LogP contribution in [-0.4, -0.2) is 5.11 Å². The number of fused-ring (bicyclic) bond motifs is 2. The van der Waals surface area contributed by atoms with Crippen LogP contribution in [-0.2, 0) is 6.54 Å². The molecule has 0 bridgehead atoms. The van der Waals surface area contributed by atoms with E-state index < -0.39 is 0 Å². The molecule has 4 aromatic rings. The molecule has 0 radical (unpaired) electrons. The number of benzene rings is 4. The van der Waals surface area contributed by atoms with Crippen molar-refractivity contribution in [2.24, 2.45) is 0 Å². The minimum Gasteiger partial charge on any atom is -0.506 e. The molecular weight excluding hydrogens is 282 g/mol. The Hall–Kier alpha value is -3.00. The van der Waals surface area contributed by atoms with Gasteiger partial charge in [-0.25, -0.2) is 0 Å². The van der Waals surface area contributed by atoms with Crippen LogP contribution in [0.15, 0.2) is 78.9 Å². The molecule has 2 heteroatoms. The van der Waals surface area contributed by atoms with E-state index in [4.69, 9.17) is 0 Å². The molecule has 112 valence electrons. The lowest BCUT2D eigenvalue weighted by Gasteiger charge is -2.13. The van der Waals surface area contributed by atoms with Crippen molar-refractivity contribution in [1.29, 1.82) is 0 Å². The van der Waals surface area contributed by atoms with Crippen molar-refractivity contribution in [2.75, 3.05) is 5.32 Å². The first-order valence-electron chi connectivity index (χ1n) is 7.74. The van der Waals surface area contributed by atoms with E-state index in [1.165, 1.54) is 16.3 Å². The molecule has 0 aliphatic heterocycles. The van der Waals surface area contributed by atoms with Gasteiger partial charge in [-0.05, 0) is 27.8 Å². The summed E-state index contributed by atoms with van der Waals surface area (Å²) in [4.78, 5) is 0. The maximum atomic E-state index is 10.2. The maximum Gasteiger partial charge on any atom is 0.139 e. The third-order valence-corrected chi connectivity index (χ3v) is 4.24. The summed E-state index contributed by atoms with van der Waals surface area (Å²) in [7, 11) is 0. The maximum absolute atomic E-state index is 10.2. The lowest BCUT2D eigenvalue weighted by molar-refractivity contribution is 0.478. The number of rotatable bonds is 3. The van der Waals surface area contributed by atoms with E-state index in [0.29, 0.717) is 6.54 Å². The average Bonchev–Trinajstić information content (AvgIpc) is 2.61. The van der Waals surface area contributed by atoms with E-state index in [9.17, 15) is 5.11 Å². The van der Waals surface area contributed by atoms with Crippen molar-refractivity contribution in [2.45, 2.75) is 6.54 Å². The van der Waals surface area contributed by atoms with Gasteiger partial charge in [-0.3, -0.25) is 0 Å². The fourth-order valence-corrected chi connectivity index (χ4v) is 3.08. The molecule has 0 fully saturated rings. The molecule has 4 aromatic carbocycles. The molecule has 0 heterocycles. The van der Waals surface area contributed by atoms with Gasteiger partial charge < -0.3 is 10.4 Å². The van der Waals surface area contributed by atoms with Crippen LogP contribution in [0.2, 0.25) is 0 Å². The predicted octanol–water partition coefficient (Wildman–Crippen LogP) is 5.31. The Morgan fingerprint density at radius 3 is 2.13 bits per heavy atom. The second-order valence-electron chi connectivity index (χ2n) is 5.67. The molecule has 2 N–H and O–H groups in total. The second-order valence-corrected chi connectivity index (χ2v) is 5.67. The zero-order valence-corrected chi connectivity index (χ0v) is 12.7. The highest BCUT2D eigenvalue weighted by Gasteiger charge is 2.07. The second kappa shape index (κ2) is 5.65. The third-order valence-electron chi connectivity index (χ3n) is 4.24. The van der Waals surface area contributed by atoms with Gasteiger partial charge in [-0.15, -0.1) is 0 Å². The minimum atomic E-state index is 0.281. The molecule has 0 atom stereocenters. The van der Waals surface area contributed by atoms with Gasteiger partial charge in [-0.1, -0.05) is 72.8 Å². The van der Waals surface area contributed by atoms with E-state index in [2.05, 4.69) is 53.8 Å². The van der Waals surface area contributed by atoms with Crippen LogP contribution in [0.1, 0.15) is 5.56 Å². The van der Waals surface area contributed by atoms with Crippen LogP contribution < -0.4 is 5.32 Å². The number of aromatic hydroxyl groups is 1. The molecular formula is C21H17NO. The number of anilines is 1. The zero-order valence-electron chi connectivity index (χ0n) is 12.7. The van der Waals surface area contributed by atoms with Crippen LogP contribution in [0, 0.1) is 0 Å². The summed E-state index contributed by atoms with van der Waals surface area (Å²) in [5, 5.41) is 18.3. The Balaban J connectivity index is 1.73. The lowest BCUT2D eigenvalue weighted by Crippen LogP contribution is -2.01. The highest BCUT2D eigenvalue weighted by atomic mass is 16.3. The number of hydrogen-bond acceptors (Lipinski definition) is 2. The molecule has 2 nitrogen and oxygen atoms in total. The summed E-state index contributed by atoms with van der Waals surface area (Å²) < 4.78 is 0. The quantitative estimate of drug-likeness (QED) is 0.502. The van der Waals surface area contributed by atoms with Crippen molar-refractivity contribution < 1.29 is 5.11 Å². The molecule has 0 spiro atoms. The van der Waals surface area contributed by atoms with Gasteiger partial charge in [0.15, 0.2) is 0 Å². The number of hydrogen-bond donors (Lipinski definition) is 2. The van der Waals surface area contributed by atoms with E-state index in [1.807, 2.05) is 24.3 Å². The molecule has 0 unspecified atom stereocenters. The molecule has 0 saturated heterocycles. The van der Waals surface area contributed by atoms with Crippen molar-refractivity contribution >= 4 is 27.2 Å². The van der Waals surface area contributed by atoms with Crippen molar-refractivity contribution in [1.82, 2.24) is 0 Å². The summed E-state index contributed by atoms with van der Waals surface area (Å²) in [5.74, 6) is 0.281. The SMILES string of the molecule is Oc1ccc2ccccc2c1NCc1cccc2ccccc12. The van der Waals surface area contributed by atoms with Gasteiger partial charge in [0.1, 0.15) is 5.75 Å². The Kier molecular flexibility index (Phi) is 3.35. The number of phenolic OH excluding ortho intramolecular Hbond substituents is 1. The predicted molar refractivity (Wildman–Crippen MR) is 96.9 cm³/mol. The standard InChI is InChI=1S/C21H17NO/c23-20-13-12-16-7-2-4-11-19(16)21(20)22-14-17-9-5-8-15-6-1-3-10-18(15)17/h1-13,22-23H,14H2. The van der Waals surface area contributed by atoms with Crippen molar-refractivity contribution in [3.8, 4) is 5.75 Å². The smallest absolute Gasteiger partial charge is 0.139 e. The third kappa shape index (κ3) is 2.49. The number of phenols is 1. The molecule has 0 aliphatic carbocycles. The first kappa shape index (κ1) is 13.6. The summed E-state index contributed by atoms with van der Waals surface area (Å²) >= 11 is 0. The summed E-state index contributed by atoms with van der Waals surface area (Å²) in [6, 6.07) is 26.4. The average molecular weight is 299 g/mol. The Bertz CT molecular complexity index is 986. The topological polar surface area (TPSA) is 32.3 Å². The molecule has 0 aromatic heterocycles. The van der Waals surface area contributed by atoms with Gasteiger partial charge >= 0.3 is 0 Å². The highest BCUT2D eigenvalue weighted by Crippen LogP contribution is 2.33. The number of nitrogens with one attached hydrogen (secondary N) is 1. The fraction of sp³-hybridized carbons (Fsp3) is 0.0476. The summed E-state index contributed by atoms with van der Waals surface area (Å²) in [6.07, 6.45) is 0. The lowest BCUT2D eigenvalue weighted by atomic mass is 10.0. The van der Waals surface area contributed by atoms with Crippen LogP contribution in [0.3, 0.4) is 0 Å². The summed E-state index contributed by atoms with van der Waals surface area (Å²) in [5.41, 5.74) is 2.01. The largest absolute Gasteiger partial charge is 0.506 e. The minimum absolute atomic E-state index is 0.281. The summed E-state index contributed by atoms with van der Waals surface area (Å²) in [6.45, 7) is 0.670. The molecule has 0 amide bonds. The Labute approximate surface area is 135 Å². The van der Waals surface area contributed by atoms with E-state index in [0.717, 1.165) is 16.5 Å². The monoisotopic (exact) mass is 299 g/mol. The zero-order chi connectivity index (χ0) is 15.6. The van der Waals surface area contributed by atoms with Crippen LogP contribution in [0.5, 0.6) is 5.75 Å². The molecule has 0 saturated carbocycles. The molecule has 4 rings (SSSR count). The van der Waals surface area contributed by atoms with Crippen molar-refractivity contribution in [3.63, 3.8) is 0 Å². The van der Waals surface area contributed by atoms with E-state index in [-0.39, 0.29) is 5.75 Å². The highest BCUT2D eigenvalue weighted by molar-refractivity contribution is 5.97. The van der Waals surface area contributed by atoms with Crippen LogP contribution in [0.4, 0.5) is 5.69 Å². The van der Waals surface area contributed by atoms with Gasteiger partial charge in [-0.2, -0.15) is 0 Å². The molecule has 0 aliphatic rings. The van der Waals surface area contributed by atoms with Gasteiger partial charge in [0, 0.05) is 11.9 Å². The first-order valence-corrected chi connectivity index (χ1v) is 7.74. The Morgan fingerprint density at radius 2 is 1.30 bits per heavy atom. The normalized spacial score (nSPS) is 11.0.